The summed E-state index contributed by atoms with van der Waals surface area (Å²) in [6, 6.07) is 9.99. The number of benzene rings is 1. The highest BCUT2D eigenvalue weighted by Gasteiger charge is 2.23. The Labute approximate surface area is 139 Å². The fourth-order valence-corrected chi connectivity index (χ4v) is 2.60. The minimum atomic E-state index is 0.209. The van der Waals surface area contributed by atoms with Gasteiger partial charge in [-0.25, -0.2) is 0 Å². The largest absolute Gasteiger partial charge is 0.342 e. The maximum absolute atomic E-state index is 11.6. The van der Waals surface area contributed by atoms with E-state index in [2.05, 4.69) is 5.32 Å². The van der Waals surface area contributed by atoms with Crippen molar-refractivity contribution in [2.75, 3.05) is 19.6 Å². The van der Waals surface area contributed by atoms with Crippen LogP contribution < -0.4 is 5.32 Å². The molecule has 0 atom stereocenters. The fourth-order valence-electron chi connectivity index (χ4n) is 2.60. The van der Waals surface area contributed by atoms with Gasteiger partial charge in [-0.15, -0.1) is 0 Å². The lowest BCUT2D eigenvalue weighted by Crippen LogP contribution is -2.41. The van der Waals surface area contributed by atoms with Crippen molar-refractivity contribution in [1.29, 1.82) is 0 Å². The Kier molecular flexibility index (Phi) is 7.27. The molecule has 1 aromatic rings. The van der Waals surface area contributed by atoms with Crippen molar-refractivity contribution in [3.05, 3.63) is 35.9 Å². The number of hydrogen-bond donors (Lipinski definition) is 1. The number of piperidine rings is 1. The van der Waals surface area contributed by atoms with Gasteiger partial charge in [0.15, 0.2) is 5.78 Å². The van der Waals surface area contributed by atoms with Crippen LogP contribution in [0, 0.1) is 0 Å². The zero-order valence-corrected chi connectivity index (χ0v) is 14.1. The maximum atomic E-state index is 11.6. The van der Waals surface area contributed by atoms with Gasteiger partial charge in [0, 0.05) is 31.1 Å². The van der Waals surface area contributed by atoms with Gasteiger partial charge in [0.05, 0.1) is 6.54 Å². The lowest BCUT2D eigenvalue weighted by Gasteiger charge is -2.26. The Morgan fingerprint density at radius 3 is 2.30 bits per heavy atom. The van der Waals surface area contributed by atoms with Crippen LogP contribution in [-0.2, 0) is 4.79 Å². The molecule has 1 aromatic carbocycles. The van der Waals surface area contributed by atoms with Crippen LogP contribution in [0.5, 0.6) is 0 Å². The van der Waals surface area contributed by atoms with Gasteiger partial charge in [0.2, 0.25) is 5.91 Å². The molecule has 3 rings (SSSR count). The Bertz CT molecular complexity index is 491. The van der Waals surface area contributed by atoms with Crippen molar-refractivity contribution in [2.45, 2.75) is 51.5 Å². The Morgan fingerprint density at radius 2 is 1.74 bits per heavy atom. The first-order valence-corrected chi connectivity index (χ1v) is 8.80. The maximum Gasteiger partial charge on any atom is 0.236 e. The van der Waals surface area contributed by atoms with Crippen LogP contribution in [0.2, 0.25) is 0 Å². The number of Topliss-reactive ketones (excluding diaryl/α,β-unsaturated/α-hetero) is 1. The van der Waals surface area contributed by atoms with Gasteiger partial charge in [0.1, 0.15) is 0 Å². The molecule has 126 valence electrons. The molecule has 0 unspecified atom stereocenters. The van der Waals surface area contributed by atoms with Gasteiger partial charge in [0.25, 0.3) is 0 Å². The molecule has 0 radical (unpaired) electrons. The van der Waals surface area contributed by atoms with E-state index in [1.54, 1.807) is 0 Å². The van der Waals surface area contributed by atoms with Crippen LogP contribution in [0.15, 0.2) is 30.3 Å². The predicted octanol–water partition coefficient (Wildman–Crippen LogP) is 3.03. The molecule has 1 aliphatic carbocycles. The number of rotatable bonds is 5. The SMILES string of the molecule is CCC(=O)c1ccccc1.O=C(CNC1CC1)N1CCCCC1. The van der Waals surface area contributed by atoms with Crippen LogP contribution >= 0.6 is 0 Å². The smallest absolute Gasteiger partial charge is 0.236 e. The minimum Gasteiger partial charge on any atom is -0.342 e. The van der Waals surface area contributed by atoms with Crippen molar-refractivity contribution in [3.63, 3.8) is 0 Å². The van der Waals surface area contributed by atoms with Crippen molar-refractivity contribution in [3.8, 4) is 0 Å². The van der Waals surface area contributed by atoms with Crippen molar-refractivity contribution < 1.29 is 9.59 Å². The highest BCUT2D eigenvalue weighted by molar-refractivity contribution is 5.95. The average Bonchev–Trinajstić information content (AvgIpc) is 3.45. The van der Waals surface area contributed by atoms with Crippen molar-refractivity contribution in [1.82, 2.24) is 10.2 Å². The Morgan fingerprint density at radius 1 is 1.09 bits per heavy atom. The van der Waals surface area contributed by atoms with Gasteiger partial charge in [-0.2, -0.15) is 0 Å². The molecular formula is C19H28N2O2. The summed E-state index contributed by atoms with van der Waals surface area (Å²) < 4.78 is 0. The van der Waals surface area contributed by atoms with Crippen LogP contribution in [0.1, 0.15) is 55.8 Å². The molecule has 1 amide bonds. The van der Waals surface area contributed by atoms with E-state index in [0.717, 1.165) is 18.7 Å². The summed E-state index contributed by atoms with van der Waals surface area (Å²) in [5, 5.41) is 3.26. The number of nitrogens with one attached hydrogen (secondary N) is 1. The Hall–Kier alpha value is -1.68. The van der Waals surface area contributed by atoms with E-state index in [1.165, 1.54) is 32.1 Å². The second kappa shape index (κ2) is 9.46. The first kappa shape index (κ1) is 17.7. The number of likely N-dealkylation sites (tertiary alicyclic amines) is 1. The van der Waals surface area contributed by atoms with E-state index in [4.69, 9.17) is 0 Å². The molecule has 2 fully saturated rings. The summed E-state index contributed by atoms with van der Waals surface area (Å²) in [5.74, 6) is 0.507. The summed E-state index contributed by atoms with van der Waals surface area (Å²) in [7, 11) is 0. The van der Waals surface area contributed by atoms with E-state index in [-0.39, 0.29) is 5.78 Å². The topological polar surface area (TPSA) is 49.4 Å². The molecule has 0 aromatic heterocycles. The fraction of sp³-hybridized carbons (Fsp3) is 0.579. The van der Waals surface area contributed by atoms with Gasteiger partial charge in [-0.05, 0) is 32.1 Å². The summed E-state index contributed by atoms with van der Waals surface area (Å²) in [4.78, 5) is 24.6. The third kappa shape index (κ3) is 6.53. The van der Waals surface area contributed by atoms with E-state index in [9.17, 15) is 9.59 Å². The number of nitrogens with zero attached hydrogens (tertiary/aromatic N) is 1. The molecule has 4 nitrogen and oxygen atoms in total. The molecule has 0 bridgehead atoms. The van der Waals surface area contributed by atoms with Crippen molar-refractivity contribution in [2.24, 2.45) is 0 Å². The normalized spacial score (nSPS) is 17.2. The molecule has 1 saturated heterocycles. The van der Waals surface area contributed by atoms with Crippen LogP contribution in [0.25, 0.3) is 0 Å². The third-order valence-corrected chi connectivity index (χ3v) is 4.24. The monoisotopic (exact) mass is 316 g/mol. The quantitative estimate of drug-likeness (QED) is 0.850. The van der Waals surface area contributed by atoms with Crippen LogP contribution in [0.3, 0.4) is 0 Å². The predicted molar refractivity (Wildman–Crippen MR) is 92.5 cm³/mol. The van der Waals surface area contributed by atoms with Gasteiger partial charge in [-0.3, -0.25) is 9.59 Å². The summed E-state index contributed by atoms with van der Waals surface area (Å²) in [5.41, 5.74) is 0.810. The third-order valence-electron chi connectivity index (χ3n) is 4.24. The molecule has 0 spiro atoms. The zero-order valence-electron chi connectivity index (χ0n) is 14.1. The number of amides is 1. The molecule has 1 N–H and O–H groups in total. The molecule has 2 aliphatic rings. The molecular weight excluding hydrogens is 288 g/mol. The van der Waals surface area contributed by atoms with Crippen LogP contribution in [-0.4, -0.2) is 42.3 Å². The lowest BCUT2D eigenvalue weighted by molar-refractivity contribution is -0.131. The van der Waals surface area contributed by atoms with Crippen molar-refractivity contribution >= 4 is 11.7 Å². The van der Waals surface area contributed by atoms with Crippen LogP contribution in [0.4, 0.5) is 0 Å². The van der Waals surface area contributed by atoms with E-state index < -0.39 is 0 Å². The second-order valence-corrected chi connectivity index (χ2v) is 6.24. The second-order valence-electron chi connectivity index (χ2n) is 6.24. The summed E-state index contributed by atoms with van der Waals surface area (Å²) >= 11 is 0. The Balaban J connectivity index is 0.000000174. The molecule has 4 heteroatoms. The lowest BCUT2D eigenvalue weighted by atomic mass is 10.1. The molecule has 1 saturated carbocycles. The van der Waals surface area contributed by atoms with E-state index >= 15 is 0 Å². The number of carbonyl (C=O) groups excluding carboxylic acids is 2. The zero-order chi connectivity index (χ0) is 16.5. The molecule has 23 heavy (non-hydrogen) atoms. The first-order chi connectivity index (χ1) is 11.2. The van der Waals surface area contributed by atoms with E-state index in [1.807, 2.05) is 42.2 Å². The summed E-state index contributed by atoms with van der Waals surface area (Å²) in [6.45, 7) is 4.39. The van der Waals surface area contributed by atoms with Gasteiger partial charge in [-0.1, -0.05) is 37.3 Å². The summed E-state index contributed by atoms with van der Waals surface area (Å²) in [6.07, 6.45) is 6.77. The van der Waals surface area contributed by atoms with E-state index in [0.29, 0.717) is 24.9 Å². The standard InChI is InChI=1S/C10H18N2O.C9H10O/c13-10(8-11-9-4-5-9)12-6-2-1-3-7-12;1-2-9(10)8-6-4-3-5-7-8/h9,11H,1-8H2;3-7H,2H2,1H3. The first-order valence-electron chi connectivity index (χ1n) is 8.80. The minimum absolute atomic E-state index is 0.209. The number of ketones is 1. The van der Waals surface area contributed by atoms with Gasteiger partial charge >= 0.3 is 0 Å². The number of hydrogen-bond acceptors (Lipinski definition) is 3. The van der Waals surface area contributed by atoms with Gasteiger partial charge < -0.3 is 10.2 Å². The number of carbonyl (C=O) groups is 2. The highest BCUT2D eigenvalue weighted by atomic mass is 16.2. The highest BCUT2D eigenvalue weighted by Crippen LogP contribution is 2.18. The molecule has 1 aliphatic heterocycles. The molecule has 1 heterocycles. The average molecular weight is 316 g/mol.